The lowest BCUT2D eigenvalue weighted by molar-refractivity contribution is 0.362. The molecule has 0 atom stereocenters. The van der Waals surface area contributed by atoms with Crippen molar-refractivity contribution < 1.29 is 0 Å². The number of rotatable bonds is 1. The maximum Gasteiger partial charge on any atom is 0.131 e. The van der Waals surface area contributed by atoms with E-state index < -0.39 is 0 Å². The summed E-state index contributed by atoms with van der Waals surface area (Å²) in [7, 11) is 2.13. The van der Waals surface area contributed by atoms with Gasteiger partial charge in [-0.3, -0.25) is 0 Å². The van der Waals surface area contributed by atoms with E-state index in [1.54, 1.807) is 0 Å². The van der Waals surface area contributed by atoms with Crippen molar-refractivity contribution in [1.29, 1.82) is 0 Å². The highest BCUT2D eigenvalue weighted by Gasteiger charge is 2.25. The number of aromatic nitrogens is 2. The van der Waals surface area contributed by atoms with Crippen LogP contribution in [0.1, 0.15) is 36.6 Å². The summed E-state index contributed by atoms with van der Waals surface area (Å²) in [5.41, 5.74) is 2.15. The lowest BCUT2D eigenvalue weighted by Crippen LogP contribution is -2.23. The molecule has 1 aliphatic carbocycles. The van der Waals surface area contributed by atoms with Gasteiger partial charge in [0.15, 0.2) is 0 Å². The summed E-state index contributed by atoms with van der Waals surface area (Å²) < 4.78 is 0. The van der Waals surface area contributed by atoms with E-state index in [2.05, 4.69) is 39.8 Å². The molecule has 18 heavy (non-hydrogen) atoms. The fraction of sp³-hybridized carbons (Fsp3) is 0.467. The van der Waals surface area contributed by atoms with Crippen LogP contribution in [0.3, 0.4) is 0 Å². The van der Waals surface area contributed by atoms with Crippen LogP contribution >= 0.6 is 0 Å². The molecule has 92 valence electrons. The largest absolute Gasteiger partial charge is 0.302 e. The predicted octanol–water partition coefficient (Wildman–Crippen LogP) is 1.97. The molecule has 0 amide bonds. The van der Waals surface area contributed by atoms with Gasteiger partial charge in [-0.1, -0.05) is 17.9 Å². The molecular weight excluding hydrogens is 222 g/mol. The molecule has 1 aromatic rings. The van der Waals surface area contributed by atoms with Crippen molar-refractivity contribution in [2.75, 3.05) is 20.1 Å². The van der Waals surface area contributed by atoms with Crippen molar-refractivity contribution in [2.45, 2.75) is 25.2 Å². The molecule has 0 radical (unpaired) electrons. The lowest BCUT2D eigenvalue weighted by atomic mass is 10.1. The van der Waals surface area contributed by atoms with Crippen molar-refractivity contribution in [2.24, 2.45) is 0 Å². The van der Waals surface area contributed by atoms with Gasteiger partial charge in [0.25, 0.3) is 0 Å². The summed E-state index contributed by atoms with van der Waals surface area (Å²) in [6, 6.07) is 0. The normalized spacial score (nSPS) is 19.9. The van der Waals surface area contributed by atoms with E-state index in [0.717, 1.165) is 30.9 Å². The third-order valence-electron chi connectivity index (χ3n) is 3.39. The molecule has 0 spiro atoms. The van der Waals surface area contributed by atoms with Crippen molar-refractivity contribution in [3.63, 3.8) is 0 Å². The Hall–Kier alpha value is -1.66. The highest BCUT2D eigenvalue weighted by molar-refractivity contribution is 5.39. The first-order chi connectivity index (χ1) is 8.81. The first kappa shape index (κ1) is 11.4. The van der Waals surface area contributed by atoms with Crippen LogP contribution in [0.4, 0.5) is 0 Å². The fourth-order valence-corrected chi connectivity index (χ4v) is 1.99. The standard InChI is InChI=1S/C15H17N3/c1-18-8-6-12(7-9-18)2-3-13-10-16-15(17-11-13)14-4-5-14/h6,10-11,14H,4-5,7-9H2,1H3. The molecule has 0 bridgehead atoms. The van der Waals surface area contributed by atoms with Gasteiger partial charge in [0, 0.05) is 37.0 Å². The summed E-state index contributed by atoms with van der Waals surface area (Å²) >= 11 is 0. The zero-order chi connectivity index (χ0) is 12.4. The van der Waals surface area contributed by atoms with E-state index in [9.17, 15) is 0 Å². The van der Waals surface area contributed by atoms with Crippen LogP contribution in [0.5, 0.6) is 0 Å². The van der Waals surface area contributed by atoms with Gasteiger partial charge in [0.05, 0.1) is 5.56 Å². The van der Waals surface area contributed by atoms with Crippen molar-refractivity contribution in [1.82, 2.24) is 14.9 Å². The molecule has 2 aliphatic rings. The van der Waals surface area contributed by atoms with Gasteiger partial charge in [0.1, 0.15) is 5.82 Å². The third-order valence-corrected chi connectivity index (χ3v) is 3.39. The van der Waals surface area contributed by atoms with Crippen molar-refractivity contribution in [3.05, 3.63) is 35.4 Å². The molecule has 3 heteroatoms. The molecule has 2 heterocycles. The molecule has 0 aromatic carbocycles. The van der Waals surface area contributed by atoms with E-state index in [4.69, 9.17) is 0 Å². The van der Waals surface area contributed by atoms with Gasteiger partial charge in [-0.25, -0.2) is 9.97 Å². The Kier molecular flexibility index (Phi) is 3.12. The summed E-state index contributed by atoms with van der Waals surface area (Å²) in [5.74, 6) is 7.98. The van der Waals surface area contributed by atoms with Gasteiger partial charge in [-0.15, -0.1) is 0 Å². The summed E-state index contributed by atoms with van der Waals surface area (Å²) in [5, 5.41) is 0. The minimum atomic E-state index is 0.614. The number of likely N-dealkylation sites (N-methyl/N-ethyl adjacent to an activating group) is 1. The fourth-order valence-electron chi connectivity index (χ4n) is 1.99. The van der Waals surface area contributed by atoms with Gasteiger partial charge in [0.2, 0.25) is 0 Å². The Morgan fingerprint density at radius 3 is 2.61 bits per heavy atom. The molecule has 1 saturated carbocycles. The van der Waals surface area contributed by atoms with E-state index in [-0.39, 0.29) is 0 Å². The average Bonchev–Trinajstić information content (AvgIpc) is 3.23. The van der Waals surface area contributed by atoms with Crippen molar-refractivity contribution >= 4 is 0 Å². The van der Waals surface area contributed by atoms with Gasteiger partial charge in [-0.2, -0.15) is 0 Å². The van der Waals surface area contributed by atoms with Crippen LogP contribution in [0, 0.1) is 11.8 Å². The Bertz CT molecular complexity index is 515. The smallest absolute Gasteiger partial charge is 0.131 e. The molecular formula is C15H17N3. The molecule has 0 unspecified atom stereocenters. The first-order valence-corrected chi connectivity index (χ1v) is 6.53. The summed E-state index contributed by atoms with van der Waals surface area (Å²) in [6.07, 6.45) is 9.43. The number of hydrogen-bond acceptors (Lipinski definition) is 3. The van der Waals surface area contributed by atoms with Crippen molar-refractivity contribution in [3.8, 4) is 11.8 Å². The Balaban J connectivity index is 1.68. The van der Waals surface area contributed by atoms with E-state index in [1.165, 1.54) is 18.4 Å². The monoisotopic (exact) mass is 239 g/mol. The Morgan fingerprint density at radius 1 is 1.22 bits per heavy atom. The number of nitrogens with zero attached hydrogens (tertiary/aromatic N) is 3. The third kappa shape index (κ3) is 2.77. The van der Waals surface area contributed by atoms with Crippen LogP contribution in [-0.2, 0) is 0 Å². The maximum absolute atomic E-state index is 4.38. The first-order valence-electron chi connectivity index (χ1n) is 6.53. The Morgan fingerprint density at radius 2 is 2.00 bits per heavy atom. The van der Waals surface area contributed by atoms with E-state index >= 15 is 0 Å². The zero-order valence-corrected chi connectivity index (χ0v) is 10.7. The van der Waals surface area contributed by atoms with E-state index in [1.807, 2.05) is 12.4 Å². The van der Waals surface area contributed by atoms with E-state index in [0.29, 0.717) is 5.92 Å². The quantitative estimate of drug-likeness (QED) is 0.702. The average molecular weight is 239 g/mol. The highest BCUT2D eigenvalue weighted by Crippen LogP contribution is 2.37. The molecule has 1 aromatic heterocycles. The molecule has 1 aliphatic heterocycles. The van der Waals surface area contributed by atoms with Crippen LogP contribution < -0.4 is 0 Å². The van der Waals surface area contributed by atoms with Gasteiger partial charge >= 0.3 is 0 Å². The zero-order valence-electron chi connectivity index (χ0n) is 10.7. The highest BCUT2D eigenvalue weighted by atomic mass is 15.1. The van der Waals surface area contributed by atoms with Gasteiger partial charge < -0.3 is 4.90 Å². The summed E-state index contributed by atoms with van der Waals surface area (Å²) in [6.45, 7) is 2.10. The lowest BCUT2D eigenvalue weighted by Gasteiger charge is -2.18. The van der Waals surface area contributed by atoms with Crippen LogP contribution in [-0.4, -0.2) is 35.0 Å². The molecule has 1 fully saturated rings. The maximum atomic E-state index is 4.38. The van der Waals surface area contributed by atoms with Crippen LogP contribution in [0.15, 0.2) is 24.0 Å². The molecule has 3 rings (SSSR count). The minimum absolute atomic E-state index is 0.614. The SMILES string of the molecule is CN1CC=C(C#Cc2cnc(C3CC3)nc2)CC1. The summed E-state index contributed by atoms with van der Waals surface area (Å²) in [4.78, 5) is 11.0. The molecule has 0 saturated heterocycles. The molecule has 0 N–H and O–H groups in total. The molecule has 3 nitrogen and oxygen atoms in total. The number of hydrogen-bond donors (Lipinski definition) is 0. The second kappa shape index (κ2) is 4.91. The van der Waals surface area contributed by atoms with Crippen LogP contribution in [0.25, 0.3) is 0 Å². The predicted molar refractivity (Wildman–Crippen MR) is 71.1 cm³/mol. The minimum Gasteiger partial charge on any atom is -0.302 e. The second-order valence-electron chi connectivity index (χ2n) is 5.10. The van der Waals surface area contributed by atoms with Gasteiger partial charge in [-0.05, 0) is 26.3 Å². The second-order valence-corrected chi connectivity index (χ2v) is 5.10. The van der Waals surface area contributed by atoms with Crippen LogP contribution in [0.2, 0.25) is 0 Å². The topological polar surface area (TPSA) is 29.0 Å². The Labute approximate surface area is 108 Å².